The maximum absolute atomic E-state index is 12.3. The first-order chi connectivity index (χ1) is 14.4. The second kappa shape index (κ2) is 9.41. The molecular weight excluding hydrogens is 388 g/mol. The molecule has 0 bridgehead atoms. The van der Waals surface area contributed by atoms with Gasteiger partial charge in [0.15, 0.2) is 6.10 Å². The summed E-state index contributed by atoms with van der Waals surface area (Å²) in [6.45, 7) is 1.37. The van der Waals surface area contributed by atoms with Crippen LogP contribution < -0.4 is 10.6 Å². The van der Waals surface area contributed by atoms with Gasteiger partial charge in [-0.1, -0.05) is 55.5 Å². The largest absolute Gasteiger partial charge is 0.479 e. The van der Waals surface area contributed by atoms with Crippen LogP contribution in [0.3, 0.4) is 0 Å². The lowest BCUT2D eigenvalue weighted by atomic mass is 9.98. The van der Waals surface area contributed by atoms with Gasteiger partial charge in [-0.15, -0.1) is 0 Å². The molecule has 3 rings (SSSR count). The van der Waals surface area contributed by atoms with Crippen molar-refractivity contribution in [3.05, 3.63) is 59.7 Å². The normalized spacial score (nSPS) is 14.2. The number of hydrogen-bond donors (Lipinski definition) is 4. The van der Waals surface area contributed by atoms with Crippen LogP contribution >= 0.6 is 0 Å². The van der Waals surface area contributed by atoms with Gasteiger partial charge in [0.25, 0.3) is 0 Å². The fourth-order valence-electron chi connectivity index (χ4n) is 3.54. The minimum atomic E-state index is -1.71. The lowest BCUT2D eigenvalue weighted by Crippen LogP contribution is -2.49. The molecule has 8 heteroatoms. The van der Waals surface area contributed by atoms with Crippen LogP contribution in [-0.4, -0.2) is 53.5 Å². The molecule has 2 atom stereocenters. The Kier molecular flexibility index (Phi) is 6.68. The Labute approximate surface area is 173 Å². The second-order valence-electron chi connectivity index (χ2n) is 7.03. The molecule has 0 spiro atoms. The van der Waals surface area contributed by atoms with Gasteiger partial charge in [-0.05, 0) is 28.7 Å². The maximum atomic E-state index is 12.3. The van der Waals surface area contributed by atoms with Gasteiger partial charge in [-0.3, -0.25) is 4.79 Å². The molecular formula is C22H24N2O6. The molecule has 30 heavy (non-hydrogen) atoms. The average molecular weight is 412 g/mol. The molecule has 0 saturated carbocycles. The number of carbonyl (C=O) groups excluding carboxylic acids is 2. The number of fused-ring (bicyclic) bond motifs is 3. The van der Waals surface area contributed by atoms with Crippen LogP contribution in [0.5, 0.6) is 0 Å². The summed E-state index contributed by atoms with van der Waals surface area (Å²) >= 11 is 0. The predicted octanol–water partition coefficient (Wildman–Crippen LogP) is 1.87. The molecule has 0 radical (unpaired) electrons. The van der Waals surface area contributed by atoms with Crippen LogP contribution in [0.1, 0.15) is 30.4 Å². The quantitative estimate of drug-likeness (QED) is 0.525. The van der Waals surface area contributed by atoms with Crippen LogP contribution in [0.15, 0.2) is 48.5 Å². The number of aliphatic hydroxyl groups excluding tert-OH is 1. The van der Waals surface area contributed by atoms with Gasteiger partial charge in [0.2, 0.25) is 5.91 Å². The fourth-order valence-corrected chi connectivity index (χ4v) is 3.54. The van der Waals surface area contributed by atoms with E-state index in [0.717, 1.165) is 22.3 Å². The van der Waals surface area contributed by atoms with Crippen LogP contribution in [-0.2, 0) is 14.3 Å². The minimum absolute atomic E-state index is 0.0947. The van der Waals surface area contributed by atoms with Crippen molar-refractivity contribution in [2.45, 2.75) is 31.4 Å². The Hall–Kier alpha value is -3.39. The van der Waals surface area contributed by atoms with Crippen molar-refractivity contribution in [1.29, 1.82) is 0 Å². The zero-order valence-electron chi connectivity index (χ0n) is 16.5. The Morgan fingerprint density at radius 1 is 1.03 bits per heavy atom. The van der Waals surface area contributed by atoms with Crippen LogP contribution in [0.25, 0.3) is 11.1 Å². The lowest BCUT2D eigenvalue weighted by Gasteiger charge is -2.19. The third-order valence-corrected chi connectivity index (χ3v) is 5.12. The van der Waals surface area contributed by atoms with Crippen LogP contribution in [0.4, 0.5) is 4.79 Å². The first-order valence-corrected chi connectivity index (χ1v) is 9.72. The number of aliphatic carboxylic acids is 1. The number of nitrogens with one attached hydrogen (secondary N) is 2. The maximum Gasteiger partial charge on any atom is 0.407 e. The molecule has 0 aromatic heterocycles. The standard InChI is InChI=1S/C22H24N2O6/c1-2-18(20(26)23-11-19(25)21(27)28)24-22(29)30-12-17-15-9-5-3-7-13(15)14-8-4-6-10-16(14)17/h3-10,17-19,25H,2,11-12H2,1H3,(H,23,26)(H,24,29)(H,27,28)/t18-,19-/m0/s1. The van der Waals surface area contributed by atoms with Gasteiger partial charge in [-0.2, -0.15) is 0 Å². The molecule has 0 saturated heterocycles. The van der Waals surface area contributed by atoms with Gasteiger partial charge in [-0.25, -0.2) is 9.59 Å². The van der Waals surface area contributed by atoms with E-state index in [-0.39, 0.29) is 18.9 Å². The van der Waals surface area contributed by atoms with Crippen molar-refractivity contribution in [1.82, 2.24) is 10.6 Å². The topological polar surface area (TPSA) is 125 Å². The van der Waals surface area contributed by atoms with E-state index in [1.165, 1.54) is 0 Å². The zero-order valence-corrected chi connectivity index (χ0v) is 16.5. The molecule has 2 amide bonds. The van der Waals surface area contributed by atoms with E-state index in [2.05, 4.69) is 10.6 Å². The minimum Gasteiger partial charge on any atom is -0.479 e. The summed E-state index contributed by atoms with van der Waals surface area (Å²) in [5, 5.41) is 22.7. The number of carboxylic acid groups (broad SMARTS) is 1. The molecule has 0 fully saturated rings. The van der Waals surface area contributed by atoms with E-state index in [1.54, 1.807) is 6.92 Å². The third kappa shape index (κ3) is 4.60. The molecule has 4 N–H and O–H groups in total. The lowest BCUT2D eigenvalue weighted by molar-refractivity contribution is -0.146. The second-order valence-corrected chi connectivity index (χ2v) is 7.03. The van der Waals surface area contributed by atoms with Crippen molar-refractivity contribution in [3.63, 3.8) is 0 Å². The first kappa shape index (κ1) is 21.3. The number of rotatable bonds is 8. The van der Waals surface area contributed by atoms with Gasteiger partial charge >= 0.3 is 12.1 Å². The van der Waals surface area contributed by atoms with Crippen molar-refractivity contribution < 1.29 is 29.3 Å². The Morgan fingerprint density at radius 2 is 1.60 bits per heavy atom. The highest BCUT2D eigenvalue weighted by Gasteiger charge is 2.29. The molecule has 1 aliphatic carbocycles. The summed E-state index contributed by atoms with van der Waals surface area (Å²) < 4.78 is 5.41. The molecule has 0 heterocycles. The zero-order chi connectivity index (χ0) is 21.7. The van der Waals surface area contributed by atoms with E-state index < -0.39 is 36.7 Å². The van der Waals surface area contributed by atoms with E-state index in [0.29, 0.717) is 0 Å². The third-order valence-electron chi connectivity index (χ3n) is 5.12. The summed E-state index contributed by atoms with van der Waals surface area (Å²) in [4.78, 5) is 35.1. The highest BCUT2D eigenvalue weighted by molar-refractivity contribution is 5.86. The summed E-state index contributed by atoms with van der Waals surface area (Å²) in [6, 6.07) is 15.0. The van der Waals surface area contributed by atoms with Crippen molar-refractivity contribution in [2.75, 3.05) is 13.2 Å². The van der Waals surface area contributed by atoms with Gasteiger partial charge in [0, 0.05) is 5.92 Å². The molecule has 0 unspecified atom stereocenters. The van der Waals surface area contributed by atoms with Gasteiger partial charge in [0.05, 0.1) is 6.54 Å². The summed E-state index contributed by atoms with van der Waals surface area (Å²) in [5.74, 6) is -2.12. The van der Waals surface area contributed by atoms with Gasteiger partial charge < -0.3 is 25.6 Å². The Bertz CT molecular complexity index is 899. The smallest absolute Gasteiger partial charge is 0.407 e. The highest BCUT2D eigenvalue weighted by atomic mass is 16.5. The summed E-state index contributed by atoms with van der Waals surface area (Å²) in [7, 11) is 0. The van der Waals surface area contributed by atoms with Crippen molar-refractivity contribution >= 4 is 18.0 Å². The number of aliphatic hydroxyl groups is 1. The summed E-state index contributed by atoms with van der Waals surface area (Å²) in [6.07, 6.45) is -2.17. The highest BCUT2D eigenvalue weighted by Crippen LogP contribution is 2.44. The Morgan fingerprint density at radius 3 is 2.13 bits per heavy atom. The van der Waals surface area contributed by atoms with E-state index in [1.807, 2.05) is 48.5 Å². The summed E-state index contributed by atoms with van der Waals surface area (Å²) in [5.41, 5.74) is 4.40. The van der Waals surface area contributed by atoms with E-state index in [4.69, 9.17) is 9.84 Å². The number of benzene rings is 2. The molecule has 158 valence electrons. The molecule has 2 aromatic rings. The number of carboxylic acids is 1. The molecule has 8 nitrogen and oxygen atoms in total. The predicted molar refractivity (Wildman–Crippen MR) is 109 cm³/mol. The molecule has 0 aliphatic heterocycles. The average Bonchev–Trinajstić information content (AvgIpc) is 3.07. The van der Waals surface area contributed by atoms with Crippen molar-refractivity contribution in [3.8, 4) is 11.1 Å². The number of ether oxygens (including phenoxy) is 1. The van der Waals surface area contributed by atoms with E-state index in [9.17, 15) is 19.5 Å². The number of carbonyl (C=O) groups is 3. The molecule has 2 aromatic carbocycles. The number of amides is 2. The van der Waals surface area contributed by atoms with E-state index >= 15 is 0 Å². The first-order valence-electron chi connectivity index (χ1n) is 9.72. The van der Waals surface area contributed by atoms with Crippen LogP contribution in [0.2, 0.25) is 0 Å². The monoisotopic (exact) mass is 412 g/mol. The molecule has 1 aliphatic rings. The number of hydrogen-bond acceptors (Lipinski definition) is 5. The fraction of sp³-hybridized carbons (Fsp3) is 0.318. The van der Waals surface area contributed by atoms with Crippen molar-refractivity contribution in [2.24, 2.45) is 0 Å². The number of alkyl carbamates (subject to hydrolysis) is 1. The Balaban J connectivity index is 1.59. The van der Waals surface area contributed by atoms with Crippen LogP contribution in [0, 0.1) is 0 Å². The SMILES string of the molecule is CC[C@H](NC(=O)OCC1c2ccccc2-c2ccccc21)C(=O)NC[C@H](O)C(=O)O. The van der Waals surface area contributed by atoms with Gasteiger partial charge in [0.1, 0.15) is 12.6 Å².